The van der Waals surface area contributed by atoms with E-state index < -0.39 is 0 Å². The molecule has 0 aliphatic carbocycles. The van der Waals surface area contributed by atoms with Crippen molar-refractivity contribution in [3.8, 4) is 5.75 Å². The van der Waals surface area contributed by atoms with Gasteiger partial charge >= 0.3 is 0 Å². The molecule has 0 saturated carbocycles. The predicted octanol–water partition coefficient (Wildman–Crippen LogP) is 3.03. The molecule has 0 aliphatic heterocycles. The van der Waals surface area contributed by atoms with Crippen LogP contribution in [0.1, 0.15) is 5.69 Å². The normalized spacial score (nSPS) is 10.4. The highest BCUT2D eigenvalue weighted by atomic mass is 79.9. The van der Waals surface area contributed by atoms with E-state index >= 15 is 0 Å². The van der Waals surface area contributed by atoms with Crippen molar-refractivity contribution >= 4 is 15.9 Å². The van der Waals surface area contributed by atoms with Gasteiger partial charge in [-0.15, -0.1) is 0 Å². The monoisotopic (exact) mass is 280 g/mol. The second-order valence-corrected chi connectivity index (χ2v) is 4.44. The van der Waals surface area contributed by atoms with Crippen LogP contribution in [0.15, 0.2) is 41.0 Å². The summed E-state index contributed by atoms with van der Waals surface area (Å²) >= 11 is 3.38. The summed E-state index contributed by atoms with van der Waals surface area (Å²) in [5.41, 5.74) is 1.03. The number of nitrogens with zero attached hydrogens (tertiary/aromatic N) is 2. The first-order valence-electron chi connectivity index (χ1n) is 5.12. The molecule has 0 radical (unpaired) electrons. The molecular formula is C12H13BrN2O. The number of aromatic nitrogens is 2. The molecule has 1 aromatic carbocycles. The molecule has 3 nitrogen and oxygen atoms in total. The Morgan fingerprint density at radius 3 is 2.62 bits per heavy atom. The van der Waals surface area contributed by atoms with E-state index in [2.05, 4.69) is 21.0 Å². The van der Waals surface area contributed by atoms with E-state index in [0.29, 0.717) is 6.61 Å². The van der Waals surface area contributed by atoms with Gasteiger partial charge in [-0.25, -0.2) is 0 Å². The zero-order valence-corrected chi connectivity index (χ0v) is 10.6. The lowest BCUT2D eigenvalue weighted by atomic mass is 10.3. The largest absolute Gasteiger partial charge is 0.492 e. The molecule has 0 fully saturated rings. The Balaban J connectivity index is 1.82. The van der Waals surface area contributed by atoms with Gasteiger partial charge < -0.3 is 4.74 Å². The van der Waals surface area contributed by atoms with Crippen LogP contribution in [0.2, 0.25) is 0 Å². The fourth-order valence-corrected chi connectivity index (χ4v) is 1.64. The molecule has 2 rings (SSSR count). The molecule has 0 spiro atoms. The minimum Gasteiger partial charge on any atom is -0.492 e. The highest BCUT2D eigenvalue weighted by Crippen LogP contribution is 2.15. The summed E-state index contributed by atoms with van der Waals surface area (Å²) in [7, 11) is 0. The Bertz CT molecular complexity index is 450. The minimum atomic E-state index is 0.628. The first-order valence-corrected chi connectivity index (χ1v) is 5.92. The Labute approximate surface area is 103 Å². The summed E-state index contributed by atoms with van der Waals surface area (Å²) in [5, 5.41) is 4.29. The number of ether oxygens (including phenoxy) is 1. The van der Waals surface area contributed by atoms with Gasteiger partial charge in [0.15, 0.2) is 0 Å². The summed E-state index contributed by atoms with van der Waals surface area (Å²) in [5.74, 6) is 0.882. The molecule has 1 heterocycles. The molecule has 0 bridgehead atoms. The Kier molecular flexibility index (Phi) is 3.62. The Morgan fingerprint density at radius 1 is 1.25 bits per heavy atom. The number of halogens is 1. The SMILES string of the molecule is Cc1ccn(CCOc2ccc(Br)cc2)n1. The van der Waals surface area contributed by atoms with Gasteiger partial charge in [-0.3, -0.25) is 4.68 Å². The third-order valence-corrected chi connectivity index (χ3v) is 2.71. The van der Waals surface area contributed by atoms with Crippen LogP contribution < -0.4 is 4.74 Å². The molecule has 0 saturated heterocycles. The maximum absolute atomic E-state index is 5.59. The van der Waals surface area contributed by atoms with Gasteiger partial charge in [0.25, 0.3) is 0 Å². The lowest BCUT2D eigenvalue weighted by Crippen LogP contribution is -2.08. The fraction of sp³-hybridized carbons (Fsp3) is 0.250. The minimum absolute atomic E-state index is 0.628. The van der Waals surface area contributed by atoms with Crippen molar-refractivity contribution in [2.24, 2.45) is 0 Å². The molecule has 0 N–H and O–H groups in total. The number of aryl methyl sites for hydroxylation is 1. The summed E-state index contributed by atoms with van der Waals surface area (Å²) in [4.78, 5) is 0. The second kappa shape index (κ2) is 5.16. The molecule has 4 heteroatoms. The van der Waals surface area contributed by atoms with Gasteiger partial charge in [-0.05, 0) is 37.3 Å². The summed E-state index contributed by atoms with van der Waals surface area (Å²) in [6.45, 7) is 3.37. The first-order chi connectivity index (χ1) is 7.74. The Hall–Kier alpha value is -1.29. The molecule has 2 aromatic rings. The molecule has 0 amide bonds. The average molecular weight is 281 g/mol. The van der Waals surface area contributed by atoms with Gasteiger partial charge in [0.1, 0.15) is 12.4 Å². The summed E-state index contributed by atoms with van der Waals surface area (Å²) < 4.78 is 8.53. The van der Waals surface area contributed by atoms with Crippen LogP contribution in [0.25, 0.3) is 0 Å². The first kappa shape index (κ1) is 11.2. The van der Waals surface area contributed by atoms with Gasteiger partial charge in [-0.1, -0.05) is 15.9 Å². The maximum atomic E-state index is 5.59. The van der Waals surface area contributed by atoms with E-state index in [0.717, 1.165) is 22.5 Å². The molecule has 0 unspecified atom stereocenters. The van der Waals surface area contributed by atoms with Gasteiger partial charge in [-0.2, -0.15) is 5.10 Å². The number of benzene rings is 1. The molecule has 1 aromatic heterocycles. The lowest BCUT2D eigenvalue weighted by Gasteiger charge is -2.06. The van der Waals surface area contributed by atoms with Crippen LogP contribution in [-0.4, -0.2) is 16.4 Å². The zero-order valence-electron chi connectivity index (χ0n) is 9.06. The summed E-state index contributed by atoms with van der Waals surface area (Å²) in [6.07, 6.45) is 1.96. The Morgan fingerprint density at radius 2 is 2.00 bits per heavy atom. The predicted molar refractivity (Wildman–Crippen MR) is 66.6 cm³/mol. The number of hydrogen-bond acceptors (Lipinski definition) is 2. The van der Waals surface area contributed by atoms with Crippen LogP contribution in [0.4, 0.5) is 0 Å². The van der Waals surface area contributed by atoms with Crippen molar-refractivity contribution in [2.45, 2.75) is 13.5 Å². The van der Waals surface area contributed by atoms with Crippen LogP contribution in [0.3, 0.4) is 0 Å². The van der Waals surface area contributed by atoms with Crippen molar-refractivity contribution in [3.05, 3.63) is 46.7 Å². The van der Waals surface area contributed by atoms with Crippen molar-refractivity contribution in [1.82, 2.24) is 9.78 Å². The van der Waals surface area contributed by atoms with E-state index in [1.807, 2.05) is 48.1 Å². The van der Waals surface area contributed by atoms with E-state index in [1.165, 1.54) is 0 Å². The van der Waals surface area contributed by atoms with Crippen molar-refractivity contribution in [1.29, 1.82) is 0 Å². The fourth-order valence-electron chi connectivity index (χ4n) is 1.38. The molecule has 0 atom stereocenters. The van der Waals surface area contributed by atoms with Crippen molar-refractivity contribution < 1.29 is 4.74 Å². The van der Waals surface area contributed by atoms with Crippen LogP contribution in [-0.2, 0) is 6.54 Å². The maximum Gasteiger partial charge on any atom is 0.119 e. The van der Waals surface area contributed by atoms with Gasteiger partial charge in [0, 0.05) is 10.7 Å². The molecule has 16 heavy (non-hydrogen) atoms. The summed E-state index contributed by atoms with van der Waals surface area (Å²) in [6, 6.07) is 9.80. The average Bonchev–Trinajstić information content (AvgIpc) is 2.67. The molecule has 0 aliphatic rings. The van der Waals surface area contributed by atoms with Crippen LogP contribution in [0.5, 0.6) is 5.75 Å². The number of rotatable bonds is 4. The second-order valence-electron chi connectivity index (χ2n) is 3.52. The van der Waals surface area contributed by atoms with E-state index in [9.17, 15) is 0 Å². The smallest absolute Gasteiger partial charge is 0.119 e. The lowest BCUT2D eigenvalue weighted by molar-refractivity contribution is 0.291. The van der Waals surface area contributed by atoms with Gasteiger partial charge in [0.2, 0.25) is 0 Å². The van der Waals surface area contributed by atoms with Crippen LogP contribution in [0, 0.1) is 6.92 Å². The van der Waals surface area contributed by atoms with E-state index in [4.69, 9.17) is 4.74 Å². The molecule has 84 valence electrons. The van der Waals surface area contributed by atoms with Crippen molar-refractivity contribution in [3.63, 3.8) is 0 Å². The standard InChI is InChI=1S/C12H13BrN2O/c1-10-6-7-15(14-10)8-9-16-12-4-2-11(13)3-5-12/h2-7H,8-9H2,1H3. The quantitative estimate of drug-likeness (QED) is 0.861. The van der Waals surface area contributed by atoms with Crippen molar-refractivity contribution in [2.75, 3.05) is 6.61 Å². The molecular weight excluding hydrogens is 268 g/mol. The van der Waals surface area contributed by atoms with Gasteiger partial charge in [0.05, 0.1) is 12.2 Å². The highest BCUT2D eigenvalue weighted by molar-refractivity contribution is 9.10. The topological polar surface area (TPSA) is 27.1 Å². The number of hydrogen-bond donors (Lipinski definition) is 0. The van der Waals surface area contributed by atoms with Crippen LogP contribution >= 0.6 is 15.9 Å². The van der Waals surface area contributed by atoms with E-state index in [1.54, 1.807) is 0 Å². The van der Waals surface area contributed by atoms with E-state index in [-0.39, 0.29) is 0 Å². The third kappa shape index (κ3) is 3.10. The third-order valence-electron chi connectivity index (χ3n) is 2.18. The highest BCUT2D eigenvalue weighted by Gasteiger charge is 1.96. The zero-order chi connectivity index (χ0) is 11.4.